The smallest absolute Gasteiger partial charge is 0.161 e. The molecule has 3 nitrogen and oxygen atoms in total. The van der Waals surface area contributed by atoms with E-state index in [-0.39, 0.29) is 0 Å². The Labute approximate surface area is 97.8 Å². The summed E-state index contributed by atoms with van der Waals surface area (Å²) < 4.78 is 11.2. The van der Waals surface area contributed by atoms with Crippen LogP contribution < -0.4 is 14.8 Å². The summed E-state index contributed by atoms with van der Waals surface area (Å²) in [6, 6.07) is 8.11. The van der Waals surface area contributed by atoms with Gasteiger partial charge >= 0.3 is 0 Å². The minimum Gasteiger partial charge on any atom is -0.490 e. The highest BCUT2D eigenvalue weighted by Crippen LogP contribution is 2.26. The van der Waals surface area contributed by atoms with Crippen molar-refractivity contribution >= 4 is 0 Å². The van der Waals surface area contributed by atoms with Crippen LogP contribution >= 0.6 is 0 Å². The van der Waals surface area contributed by atoms with E-state index in [0.29, 0.717) is 19.3 Å². The van der Waals surface area contributed by atoms with Crippen LogP contribution in [0.1, 0.15) is 20.8 Å². The molecule has 1 unspecified atom stereocenters. The van der Waals surface area contributed by atoms with Crippen molar-refractivity contribution in [2.24, 2.45) is 0 Å². The molecule has 0 aromatic heterocycles. The van der Waals surface area contributed by atoms with E-state index < -0.39 is 0 Å². The normalized spacial score (nSPS) is 12.2. The number of nitrogens with one attached hydrogen (secondary N) is 1. The second kappa shape index (κ2) is 7.12. The first-order valence-electron chi connectivity index (χ1n) is 5.85. The van der Waals surface area contributed by atoms with Crippen molar-refractivity contribution in [2.45, 2.75) is 26.8 Å². The Morgan fingerprint density at radius 1 is 1.12 bits per heavy atom. The van der Waals surface area contributed by atoms with Gasteiger partial charge in [0.25, 0.3) is 0 Å². The average Bonchev–Trinajstić information content (AvgIpc) is 2.29. The molecule has 0 spiro atoms. The van der Waals surface area contributed by atoms with Crippen LogP contribution in [0.3, 0.4) is 0 Å². The zero-order valence-corrected chi connectivity index (χ0v) is 10.3. The number of likely N-dealkylation sites (N-methyl/N-ethyl adjacent to an activating group) is 1. The minimum atomic E-state index is 0.347. The zero-order chi connectivity index (χ0) is 11.8. The molecule has 0 saturated carbocycles. The predicted molar refractivity (Wildman–Crippen MR) is 66.2 cm³/mol. The average molecular weight is 223 g/mol. The summed E-state index contributed by atoms with van der Waals surface area (Å²) in [4.78, 5) is 0. The van der Waals surface area contributed by atoms with Crippen molar-refractivity contribution in [3.63, 3.8) is 0 Å². The number of hydrogen-bond acceptors (Lipinski definition) is 3. The van der Waals surface area contributed by atoms with Crippen LogP contribution in [0.15, 0.2) is 24.3 Å². The van der Waals surface area contributed by atoms with Crippen molar-refractivity contribution in [1.29, 1.82) is 0 Å². The quantitative estimate of drug-likeness (QED) is 0.770. The molecule has 0 bridgehead atoms. The lowest BCUT2D eigenvalue weighted by molar-refractivity contribution is 0.252. The minimum absolute atomic E-state index is 0.347. The topological polar surface area (TPSA) is 30.5 Å². The third-order valence-corrected chi connectivity index (χ3v) is 2.19. The van der Waals surface area contributed by atoms with Crippen molar-refractivity contribution in [3.05, 3.63) is 24.3 Å². The van der Waals surface area contributed by atoms with Gasteiger partial charge in [0.15, 0.2) is 11.5 Å². The van der Waals surface area contributed by atoms with Gasteiger partial charge < -0.3 is 14.8 Å². The molecule has 1 rings (SSSR count). The van der Waals surface area contributed by atoms with Gasteiger partial charge in [-0.3, -0.25) is 0 Å². The maximum absolute atomic E-state index is 5.72. The summed E-state index contributed by atoms with van der Waals surface area (Å²) in [5.41, 5.74) is 0. The standard InChI is InChI=1S/C13H21NO2/c1-4-14-11(3)10-16-13-9-7-6-8-12(13)15-5-2/h6-9,11,14H,4-5,10H2,1-3H3. The van der Waals surface area contributed by atoms with Crippen LogP contribution in [0.5, 0.6) is 11.5 Å². The van der Waals surface area contributed by atoms with Crippen LogP contribution in [0, 0.1) is 0 Å². The molecule has 0 radical (unpaired) electrons. The second-order valence-electron chi connectivity index (χ2n) is 3.65. The number of ether oxygens (including phenoxy) is 2. The molecule has 0 amide bonds. The van der Waals surface area contributed by atoms with Crippen LogP contribution in [0.25, 0.3) is 0 Å². The van der Waals surface area contributed by atoms with Crippen LogP contribution in [-0.4, -0.2) is 25.8 Å². The number of benzene rings is 1. The number of rotatable bonds is 7. The first-order chi connectivity index (χ1) is 7.77. The fourth-order valence-electron chi connectivity index (χ4n) is 1.47. The summed E-state index contributed by atoms with van der Waals surface area (Å²) >= 11 is 0. The predicted octanol–water partition coefficient (Wildman–Crippen LogP) is 2.46. The van der Waals surface area contributed by atoms with Gasteiger partial charge in [-0.25, -0.2) is 0 Å². The Balaban J connectivity index is 2.52. The van der Waals surface area contributed by atoms with Crippen molar-refractivity contribution in [1.82, 2.24) is 5.32 Å². The fourth-order valence-corrected chi connectivity index (χ4v) is 1.47. The highest BCUT2D eigenvalue weighted by Gasteiger charge is 2.05. The summed E-state index contributed by atoms with van der Waals surface area (Å²) in [7, 11) is 0. The molecule has 16 heavy (non-hydrogen) atoms. The van der Waals surface area contributed by atoms with Crippen LogP contribution in [0.2, 0.25) is 0 Å². The van der Waals surface area contributed by atoms with Gasteiger partial charge in [0.05, 0.1) is 6.61 Å². The van der Waals surface area contributed by atoms with E-state index in [1.807, 2.05) is 31.2 Å². The molecule has 0 aliphatic rings. The largest absolute Gasteiger partial charge is 0.490 e. The molecule has 90 valence electrons. The lowest BCUT2D eigenvalue weighted by atomic mass is 10.3. The van der Waals surface area contributed by atoms with E-state index in [0.717, 1.165) is 18.0 Å². The van der Waals surface area contributed by atoms with E-state index in [2.05, 4.69) is 19.2 Å². The number of hydrogen-bond donors (Lipinski definition) is 1. The van der Waals surface area contributed by atoms with Gasteiger partial charge in [-0.1, -0.05) is 19.1 Å². The van der Waals surface area contributed by atoms with Gasteiger partial charge in [0.1, 0.15) is 6.61 Å². The van der Waals surface area contributed by atoms with E-state index in [9.17, 15) is 0 Å². The maximum atomic E-state index is 5.72. The Kier molecular flexibility index (Phi) is 5.72. The molecular weight excluding hydrogens is 202 g/mol. The molecule has 0 aliphatic heterocycles. The summed E-state index contributed by atoms with van der Waals surface area (Å²) in [6.07, 6.45) is 0. The van der Waals surface area contributed by atoms with Crippen molar-refractivity contribution < 1.29 is 9.47 Å². The van der Waals surface area contributed by atoms with Crippen LogP contribution in [0.4, 0.5) is 0 Å². The molecule has 0 fully saturated rings. The van der Waals surface area contributed by atoms with Gasteiger partial charge in [-0.15, -0.1) is 0 Å². The third kappa shape index (κ3) is 4.11. The maximum Gasteiger partial charge on any atom is 0.161 e. The molecule has 1 aromatic rings. The second-order valence-corrected chi connectivity index (χ2v) is 3.65. The van der Waals surface area contributed by atoms with Crippen molar-refractivity contribution in [3.8, 4) is 11.5 Å². The monoisotopic (exact) mass is 223 g/mol. The van der Waals surface area contributed by atoms with Crippen molar-refractivity contribution in [2.75, 3.05) is 19.8 Å². The van der Waals surface area contributed by atoms with Crippen LogP contribution in [-0.2, 0) is 0 Å². The molecular formula is C13H21NO2. The Bertz CT molecular complexity index is 302. The third-order valence-electron chi connectivity index (χ3n) is 2.19. The summed E-state index contributed by atoms with van der Waals surface area (Å²) in [5, 5.41) is 3.30. The van der Waals surface area contributed by atoms with Gasteiger partial charge in [-0.2, -0.15) is 0 Å². The molecule has 0 saturated heterocycles. The Hall–Kier alpha value is -1.22. The Morgan fingerprint density at radius 3 is 2.31 bits per heavy atom. The lowest BCUT2D eigenvalue weighted by Gasteiger charge is -2.15. The van der Waals surface area contributed by atoms with E-state index in [1.165, 1.54) is 0 Å². The van der Waals surface area contributed by atoms with Gasteiger partial charge in [-0.05, 0) is 32.5 Å². The molecule has 1 N–H and O–H groups in total. The first-order valence-corrected chi connectivity index (χ1v) is 5.85. The molecule has 0 aliphatic carbocycles. The lowest BCUT2D eigenvalue weighted by Crippen LogP contribution is -2.31. The summed E-state index contributed by atoms with van der Waals surface area (Å²) in [6.45, 7) is 8.42. The molecule has 1 atom stereocenters. The van der Waals surface area contributed by atoms with E-state index >= 15 is 0 Å². The molecule has 0 heterocycles. The Morgan fingerprint density at radius 2 is 1.75 bits per heavy atom. The van der Waals surface area contributed by atoms with Gasteiger partial charge in [0.2, 0.25) is 0 Å². The van der Waals surface area contributed by atoms with E-state index in [4.69, 9.17) is 9.47 Å². The molecule has 1 aromatic carbocycles. The van der Waals surface area contributed by atoms with Gasteiger partial charge in [0, 0.05) is 6.04 Å². The zero-order valence-electron chi connectivity index (χ0n) is 10.3. The van der Waals surface area contributed by atoms with E-state index in [1.54, 1.807) is 0 Å². The number of para-hydroxylation sites is 2. The first kappa shape index (κ1) is 12.8. The highest BCUT2D eigenvalue weighted by atomic mass is 16.5. The molecule has 3 heteroatoms. The fraction of sp³-hybridized carbons (Fsp3) is 0.538. The highest BCUT2D eigenvalue weighted by molar-refractivity contribution is 5.39. The summed E-state index contributed by atoms with van der Waals surface area (Å²) in [5.74, 6) is 1.63. The SMILES string of the molecule is CCNC(C)COc1ccccc1OCC.